The largest absolute Gasteiger partial charge is 0.481 e. The predicted molar refractivity (Wildman–Crippen MR) is 186 cm³/mol. The van der Waals surface area contributed by atoms with Crippen LogP contribution in [0.15, 0.2) is 36.4 Å². The second-order valence-corrected chi connectivity index (χ2v) is 24.6. The van der Waals surface area contributed by atoms with E-state index in [0.29, 0.717) is 25.0 Å². The van der Waals surface area contributed by atoms with Crippen molar-refractivity contribution in [2.24, 2.45) is 0 Å². The normalized spacial score (nSPS) is 15.6. The van der Waals surface area contributed by atoms with Crippen LogP contribution in [-0.4, -0.2) is 50.0 Å². The fourth-order valence-corrected chi connectivity index (χ4v) is 7.19. The molecule has 3 atom stereocenters. The number of hydrogen-bond donors (Lipinski definition) is 2. The highest BCUT2D eigenvalue weighted by molar-refractivity contribution is 6.74. The molecule has 8 heteroatoms. The van der Waals surface area contributed by atoms with Crippen molar-refractivity contribution in [2.75, 3.05) is 0 Å². The highest BCUT2D eigenvalue weighted by Gasteiger charge is 2.44. The van der Waals surface area contributed by atoms with Crippen LogP contribution in [0.3, 0.4) is 0 Å². The fourth-order valence-electron chi connectivity index (χ4n) is 4.56. The van der Waals surface area contributed by atoms with Gasteiger partial charge in [-0.2, -0.15) is 0 Å². The number of aromatic nitrogens is 1. The van der Waals surface area contributed by atoms with Gasteiger partial charge in [0.05, 0.1) is 29.7 Å². The van der Waals surface area contributed by atoms with Gasteiger partial charge in [-0.3, -0.25) is 9.78 Å². The van der Waals surface area contributed by atoms with E-state index >= 15 is 0 Å². The number of aliphatic carboxylic acids is 1. The van der Waals surface area contributed by atoms with Gasteiger partial charge >= 0.3 is 5.97 Å². The Morgan fingerprint density at radius 2 is 1.53 bits per heavy atom. The molecule has 0 amide bonds. The number of carbonyl (C=O) groups is 1. The summed E-state index contributed by atoms with van der Waals surface area (Å²) >= 11 is 0. The molecule has 0 spiro atoms. The van der Waals surface area contributed by atoms with Gasteiger partial charge in [0.1, 0.15) is 0 Å². The van der Waals surface area contributed by atoms with E-state index in [0.717, 1.165) is 35.7 Å². The first-order valence-electron chi connectivity index (χ1n) is 16.1. The lowest BCUT2D eigenvalue weighted by atomic mass is 10.0. The Hall–Kier alpha value is -1.85. The number of nitrogens with zero attached hydrogens (tertiary/aromatic N) is 1. The van der Waals surface area contributed by atoms with Gasteiger partial charge in [0, 0.05) is 11.8 Å². The van der Waals surface area contributed by atoms with Crippen LogP contribution in [0.1, 0.15) is 111 Å². The lowest BCUT2D eigenvalue weighted by Gasteiger charge is -2.44. The summed E-state index contributed by atoms with van der Waals surface area (Å²) in [5.41, 5.74) is 1.48. The second kappa shape index (κ2) is 15.4. The highest BCUT2D eigenvalue weighted by atomic mass is 28.4. The Bertz CT molecular complexity index is 1210. The maximum Gasteiger partial charge on any atom is 0.303 e. The summed E-state index contributed by atoms with van der Waals surface area (Å²) in [6.07, 6.45) is 7.82. The number of aliphatic hydroxyl groups is 1. The van der Waals surface area contributed by atoms with Crippen LogP contribution in [0.4, 0.5) is 0 Å². The third-order valence-electron chi connectivity index (χ3n) is 9.38. The van der Waals surface area contributed by atoms with E-state index in [1.54, 1.807) is 0 Å². The monoisotopic (exact) mass is 629 g/mol. The van der Waals surface area contributed by atoms with Crippen molar-refractivity contribution in [3.63, 3.8) is 0 Å². The number of hydrogen-bond acceptors (Lipinski definition) is 5. The number of aliphatic hydroxyl groups excluding tert-OH is 1. The summed E-state index contributed by atoms with van der Waals surface area (Å²) in [6.45, 7) is 24.5. The average molecular weight is 630 g/mol. The maximum atomic E-state index is 11.4. The molecule has 1 heterocycles. The SMILES string of the molecule is CCCCCC(O)c1nc(C=CC(O[Si](C)(C)C(C)(C)C)C(CCCC(=O)O)O[Si](C)(C)C(C)(C)C)cc2ccccc12. The molecule has 0 aliphatic heterocycles. The van der Waals surface area contributed by atoms with Crippen LogP contribution >= 0.6 is 0 Å². The molecule has 0 radical (unpaired) electrons. The maximum absolute atomic E-state index is 11.4. The summed E-state index contributed by atoms with van der Waals surface area (Å²) in [5, 5.41) is 22.5. The van der Waals surface area contributed by atoms with E-state index in [1.807, 2.05) is 24.3 Å². The van der Waals surface area contributed by atoms with E-state index in [4.69, 9.17) is 13.8 Å². The molecular weight excluding hydrogens is 571 g/mol. The highest BCUT2D eigenvalue weighted by Crippen LogP contribution is 2.41. The van der Waals surface area contributed by atoms with Crippen molar-refractivity contribution in [1.29, 1.82) is 0 Å². The smallest absolute Gasteiger partial charge is 0.303 e. The molecular formula is C35H59NO5Si2. The van der Waals surface area contributed by atoms with Crippen molar-refractivity contribution >= 4 is 39.5 Å². The van der Waals surface area contributed by atoms with Crippen molar-refractivity contribution < 1.29 is 23.9 Å². The molecule has 1 aromatic heterocycles. The lowest BCUT2D eigenvalue weighted by Crippen LogP contribution is -2.51. The van der Waals surface area contributed by atoms with Gasteiger partial charge in [0.15, 0.2) is 16.6 Å². The van der Waals surface area contributed by atoms with Crippen LogP contribution in [0.2, 0.25) is 36.3 Å². The molecule has 0 fully saturated rings. The van der Waals surface area contributed by atoms with Crippen LogP contribution in [0, 0.1) is 0 Å². The summed E-state index contributed by atoms with van der Waals surface area (Å²) in [5.74, 6) is -0.797. The number of carboxylic acids is 1. The lowest BCUT2D eigenvalue weighted by molar-refractivity contribution is -0.137. The zero-order valence-electron chi connectivity index (χ0n) is 28.8. The fraction of sp³-hybridized carbons (Fsp3) is 0.657. The first-order valence-corrected chi connectivity index (χ1v) is 21.9. The Labute approximate surface area is 263 Å². The molecule has 0 saturated carbocycles. The number of rotatable bonds is 16. The van der Waals surface area contributed by atoms with Crippen molar-refractivity contribution in [1.82, 2.24) is 4.98 Å². The van der Waals surface area contributed by atoms with Crippen LogP contribution in [0.5, 0.6) is 0 Å². The van der Waals surface area contributed by atoms with Gasteiger partial charge in [-0.25, -0.2) is 0 Å². The van der Waals surface area contributed by atoms with E-state index in [2.05, 4.69) is 92.9 Å². The topological polar surface area (TPSA) is 88.9 Å². The molecule has 2 aromatic rings. The van der Waals surface area contributed by atoms with Crippen molar-refractivity contribution in [3.8, 4) is 0 Å². The minimum absolute atomic E-state index is 0.00793. The van der Waals surface area contributed by atoms with Gasteiger partial charge in [-0.1, -0.05) is 98.1 Å². The zero-order chi connectivity index (χ0) is 32.6. The molecule has 2 N–H and O–H groups in total. The molecule has 2 rings (SSSR count). The minimum atomic E-state index is -2.23. The van der Waals surface area contributed by atoms with Gasteiger partial charge in [0.25, 0.3) is 0 Å². The molecule has 0 saturated heterocycles. The predicted octanol–water partition coefficient (Wildman–Crippen LogP) is 9.90. The Kier molecular flexibility index (Phi) is 13.4. The molecule has 0 aliphatic carbocycles. The molecule has 242 valence electrons. The zero-order valence-corrected chi connectivity index (χ0v) is 30.8. The first-order chi connectivity index (χ1) is 19.8. The quantitative estimate of drug-likeness (QED) is 0.142. The van der Waals surface area contributed by atoms with E-state index in [1.165, 1.54) is 0 Å². The first kappa shape index (κ1) is 37.3. The van der Waals surface area contributed by atoms with Gasteiger partial charge in [-0.05, 0) is 73.1 Å². The average Bonchev–Trinajstić information content (AvgIpc) is 2.88. The molecule has 43 heavy (non-hydrogen) atoms. The van der Waals surface area contributed by atoms with Crippen LogP contribution in [-0.2, 0) is 13.6 Å². The van der Waals surface area contributed by atoms with E-state index in [9.17, 15) is 15.0 Å². The third-order valence-corrected chi connectivity index (χ3v) is 18.4. The summed E-state index contributed by atoms with van der Waals surface area (Å²) in [4.78, 5) is 16.4. The molecule has 0 bridgehead atoms. The standard InChI is InChI=1S/C35H59NO5Si2/c1-12-13-14-20-29(37)33-28-19-16-15-18-26(28)25-27(36-33)23-24-31(41-43(10,11)35(5,6)7)30(21-17-22-32(38)39)40-42(8,9)34(2,3)4/h15-16,18-19,23-25,29-31,37H,12-14,17,20-22H2,1-11H3,(H,38,39). The second-order valence-electron chi connectivity index (χ2n) is 15.1. The van der Waals surface area contributed by atoms with E-state index < -0.39 is 28.7 Å². The number of unbranched alkanes of at least 4 members (excludes halogenated alkanes) is 2. The van der Waals surface area contributed by atoms with E-state index in [-0.39, 0.29) is 28.7 Å². The van der Waals surface area contributed by atoms with Crippen LogP contribution < -0.4 is 0 Å². The molecule has 3 unspecified atom stereocenters. The summed E-state index contributed by atoms with van der Waals surface area (Å²) in [6, 6.07) is 10.2. The summed E-state index contributed by atoms with van der Waals surface area (Å²) < 4.78 is 14.1. The Balaban J connectivity index is 2.60. The minimum Gasteiger partial charge on any atom is -0.481 e. The Morgan fingerprint density at radius 1 is 0.930 bits per heavy atom. The summed E-state index contributed by atoms with van der Waals surface area (Å²) in [7, 11) is -4.44. The number of pyridine rings is 1. The molecule has 0 aliphatic rings. The Morgan fingerprint density at radius 3 is 2.12 bits per heavy atom. The molecule has 1 aromatic carbocycles. The number of carboxylic acid groups (broad SMARTS) is 1. The van der Waals surface area contributed by atoms with Crippen molar-refractivity contribution in [3.05, 3.63) is 47.8 Å². The number of benzene rings is 1. The van der Waals surface area contributed by atoms with Gasteiger partial charge in [-0.15, -0.1) is 0 Å². The van der Waals surface area contributed by atoms with Gasteiger partial charge < -0.3 is 19.1 Å². The van der Waals surface area contributed by atoms with Crippen molar-refractivity contribution in [2.45, 2.75) is 148 Å². The van der Waals surface area contributed by atoms with Crippen LogP contribution in [0.25, 0.3) is 16.8 Å². The molecule has 6 nitrogen and oxygen atoms in total. The number of fused-ring (bicyclic) bond motifs is 1. The third kappa shape index (κ3) is 10.9. The van der Waals surface area contributed by atoms with Gasteiger partial charge in [0.2, 0.25) is 0 Å².